The summed E-state index contributed by atoms with van der Waals surface area (Å²) < 4.78 is 26.8. The lowest BCUT2D eigenvalue weighted by atomic mass is 10.1. The quantitative estimate of drug-likeness (QED) is 0.872. The highest BCUT2D eigenvalue weighted by atomic mass is 32.2. The molecule has 2 aliphatic heterocycles. The fraction of sp³-hybridized carbons (Fsp3) is 0.312. The van der Waals surface area contributed by atoms with Gasteiger partial charge in [0, 0.05) is 6.54 Å². The molecule has 0 radical (unpaired) electrons. The Hall–Kier alpha value is -2.12. The van der Waals surface area contributed by atoms with E-state index in [4.69, 9.17) is 0 Å². The summed E-state index contributed by atoms with van der Waals surface area (Å²) in [7, 11) is -3.59. The van der Waals surface area contributed by atoms with Crippen LogP contribution in [0.1, 0.15) is 18.4 Å². The first-order valence-electron chi connectivity index (χ1n) is 7.37. The monoisotopic (exact) mass is 334 g/mol. The molecule has 1 atom stereocenters. The molecule has 1 aromatic rings. The third-order valence-electron chi connectivity index (χ3n) is 4.14. The number of aliphatic hydroxyl groups is 1. The number of rotatable bonds is 4. The van der Waals surface area contributed by atoms with Crippen LogP contribution in [0.2, 0.25) is 0 Å². The Morgan fingerprint density at radius 3 is 2.61 bits per heavy atom. The summed E-state index contributed by atoms with van der Waals surface area (Å²) in [6.45, 7) is 3.90. The number of carbonyl (C=O) groups is 1. The van der Waals surface area contributed by atoms with E-state index < -0.39 is 22.0 Å². The van der Waals surface area contributed by atoms with E-state index in [1.807, 2.05) is 6.07 Å². The molecule has 1 amide bonds. The Labute approximate surface area is 135 Å². The van der Waals surface area contributed by atoms with E-state index in [9.17, 15) is 18.3 Å². The van der Waals surface area contributed by atoms with Crippen molar-refractivity contribution >= 4 is 15.9 Å². The molecule has 2 N–H and O–H groups in total. The molecule has 0 saturated carbocycles. The van der Waals surface area contributed by atoms with Gasteiger partial charge in [-0.15, -0.1) is 0 Å². The van der Waals surface area contributed by atoms with Crippen molar-refractivity contribution in [3.63, 3.8) is 0 Å². The molecule has 6 nitrogen and oxygen atoms in total. The SMILES string of the molecule is C=C1NC(=O)C(C2CCCN2S(=O)(=O)Cc2ccccc2)=C1O. The van der Waals surface area contributed by atoms with Gasteiger partial charge in [0.1, 0.15) is 5.76 Å². The molecule has 3 rings (SSSR count). The lowest BCUT2D eigenvalue weighted by Gasteiger charge is -2.24. The third-order valence-corrected chi connectivity index (χ3v) is 5.99. The van der Waals surface area contributed by atoms with Crippen LogP contribution < -0.4 is 5.32 Å². The van der Waals surface area contributed by atoms with E-state index in [1.165, 1.54) is 4.31 Å². The third kappa shape index (κ3) is 2.89. The Morgan fingerprint density at radius 1 is 1.30 bits per heavy atom. The van der Waals surface area contributed by atoms with E-state index in [0.29, 0.717) is 24.9 Å². The maximum Gasteiger partial charge on any atom is 0.257 e. The van der Waals surface area contributed by atoms with Gasteiger partial charge in [-0.2, -0.15) is 4.31 Å². The van der Waals surface area contributed by atoms with Crippen molar-refractivity contribution in [2.45, 2.75) is 24.6 Å². The van der Waals surface area contributed by atoms with Gasteiger partial charge in [-0.1, -0.05) is 36.9 Å². The van der Waals surface area contributed by atoms with Crippen LogP contribution in [-0.4, -0.2) is 36.3 Å². The second-order valence-corrected chi connectivity index (χ2v) is 7.63. The molecule has 23 heavy (non-hydrogen) atoms. The van der Waals surface area contributed by atoms with Gasteiger partial charge in [-0.05, 0) is 18.4 Å². The molecule has 1 saturated heterocycles. The van der Waals surface area contributed by atoms with Crippen LogP contribution in [0.5, 0.6) is 0 Å². The predicted molar refractivity (Wildman–Crippen MR) is 85.7 cm³/mol. The van der Waals surface area contributed by atoms with Gasteiger partial charge in [0.25, 0.3) is 5.91 Å². The second kappa shape index (κ2) is 5.82. The summed E-state index contributed by atoms with van der Waals surface area (Å²) in [6.07, 6.45) is 1.16. The molecule has 0 aromatic heterocycles. The summed E-state index contributed by atoms with van der Waals surface area (Å²) in [5.74, 6) is -0.831. The van der Waals surface area contributed by atoms with E-state index in [-0.39, 0.29) is 22.8 Å². The Balaban J connectivity index is 1.90. The Morgan fingerprint density at radius 2 is 2.00 bits per heavy atom. The first-order chi connectivity index (χ1) is 10.9. The Kier molecular flexibility index (Phi) is 3.99. The predicted octanol–water partition coefficient (Wildman–Crippen LogP) is 1.44. The molecular formula is C16H18N2O4S. The summed E-state index contributed by atoms with van der Waals surface area (Å²) in [5, 5.41) is 12.5. The molecule has 1 fully saturated rings. The average molecular weight is 334 g/mol. The number of carbonyl (C=O) groups excluding carboxylic acids is 1. The van der Waals surface area contributed by atoms with Crippen LogP contribution in [0.4, 0.5) is 0 Å². The number of amides is 1. The van der Waals surface area contributed by atoms with Gasteiger partial charge in [0.05, 0.1) is 23.1 Å². The van der Waals surface area contributed by atoms with Crippen LogP contribution in [0.15, 0.2) is 53.9 Å². The molecular weight excluding hydrogens is 316 g/mol. The van der Waals surface area contributed by atoms with Crippen LogP contribution in [-0.2, 0) is 20.6 Å². The largest absolute Gasteiger partial charge is 0.505 e. The Bertz CT molecular complexity index is 784. The smallest absolute Gasteiger partial charge is 0.257 e. The summed E-state index contributed by atoms with van der Waals surface area (Å²) in [6, 6.07) is 8.27. The number of sulfonamides is 1. The topological polar surface area (TPSA) is 86.7 Å². The second-order valence-electron chi connectivity index (χ2n) is 5.71. The molecule has 1 aromatic carbocycles. The van der Waals surface area contributed by atoms with Crippen LogP contribution in [0, 0.1) is 0 Å². The molecule has 2 aliphatic rings. The first kappa shape index (κ1) is 15.8. The minimum Gasteiger partial charge on any atom is -0.505 e. The van der Waals surface area contributed by atoms with E-state index in [2.05, 4.69) is 11.9 Å². The highest BCUT2D eigenvalue weighted by molar-refractivity contribution is 7.88. The van der Waals surface area contributed by atoms with Crippen molar-refractivity contribution < 1.29 is 18.3 Å². The van der Waals surface area contributed by atoms with Gasteiger partial charge in [-0.3, -0.25) is 4.79 Å². The van der Waals surface area contributed by atoms with Crippen molar-refractivity contribution in [2.24, 2.45) is 0 Å². The molecule has 7 heteroatoms. The zero-order valence-electron chi connectivity index (χ0n) is 12.5. The van der Waals surface area contributed by atoms with E-state index in [1.54, 1.807) is 24.3 Å². The van der Waals surface area contributed by atoms with Crippen LogP contribution in [0.25, 0.3) is 0 Å². The lowest BCUT2D eigenvalue weighted by Crippen LogP contribution is -2.39. The number of aliphatic hydroxyl groups excluding tert-OH is 1. The number of benzene rings is 1. The van der Waals surface area contributed by atoms with Crippen LogP contribution >= 0.6 is 0 Å². The minimum atomic E-state index is -3.59. The van der Waals surface area contributed by atoms with Gasteiger partial charge < -0.3 is 10.4 Å². The van der Waals surface area contributed by atoms with E-state index in [0.717, 1.165) is 0 Å². The summed E-state index contributed by atoms with van der Waals surface area (Å²) in [5.41, 5.74) is 0.915. The maximum atomic E-state index is 12.7. The number of nitrogens with one attached hydrogen (secondary N) is 1. The fourth-order valence-corrected chi connectivity index (χ4v) is 4.86. The van der Waals surface area contributed by atoms with Gasteiger partial charge in [0.15, 0.2) is 0 Å². The van der Waals surface area contributed by atoms with Crippen molar-refractivity contribution in [3.8, 4) is 0 Å². The van der Waals surface area contributed by atoms with Crippen molar-refractivity contribution in [1.82, 2.24) is 9.62 Å². The zero-order chi connectivity index (χ0) is 16.6. The molecule has 0 bridgehead atoms. The lowest BCUT2D eigenvalue weighted by molar-refractivity contribution is -0.116. The number of hydrogen-bond acceptors (Lipinski definition) is 4. The van der Waals surface area contributed by atoms with Gasteiger partial charge in [-0.25, -0.2) is 8.42 Å². The normalized spacial score (nSPS) is 22.7. The van der Waals surface area contributed by atoms with Crippen molar-refractivity contribution in [3.05, 3.63) is 59.5 Å². The highest BCUT2D eigenvalue weighted by Crippen LogP contribution is 2.32. The van der Waals surface area contributed by atoms with Crippen molar-refractivity contribution in [1.29, 1.82) is 0 Å². The fourth-order valence-electron chi connectivity index (χ4n) is 3.07. The zero-order valence-corrected chi connectivity index (χ0v) is 13.3. The number of nitrogens with zero attached hydrogens (tertiary/aromatic N) is 1. The number of hydrogen-bond donors (Lipinski definition) is 2. The maximum absolute atomic E-state index is 12.7. The van der Waals surface area contributed by atoms with Gasteiger partial charge >= 0.3 is 0 Å². The standard InChI is InChI=1S/C16H18N2O4S/c1-11-15(19)14(16(20)17-11)13-8-5-9-18(13)23(21,22)10-12-6-3-2-4-7-12/h2-4,6-7,13,19H,1,5,8-10H2,(H,17,20). The molecule has 1 unspecified atom stereocenters. The highest BCUT2D eigenvalue weighted by Gasteiger charge is 2.42. The van der Waals surface area contributed by atoms with Crippen molar-refractivity contribution in [2.75, 3.05) is 6.54 Å². The average Bonchev–Trinajstić information content (AvgIpc) is 3.06. The molecule has 0 spiro atoms. The van der Waals surface area contributed by atoms with Gasteiger partial charge in [0.2, 0.25) is 10.0 Å². The first-order valence-corrected chi connectivity index (χ1v) is 8.98. The molecule has 122 valence electrons. The van der Waals surface area contributed by atoms with E-state index >= 15 is 0 Å². The minimum absolute atomic E-state index is 0.101. The molecule has 2 heterocycles. The summed E-state index contributed by atoms with van der Waals surface area (Å²) >= 11 is 0. The molecule has 0 aliphatic carbocycles. The summed E-state index contributed by atoms with van der Waals surface area (Å²) in [4.78, 5) is 12.0. The van der Waals surface area contributed by atoms with Crippen LogP contribution in [0.3, 0.4) is 0 Å².